The molecule has 0 saturated heterocycles. The summed E-state index contributed by atoms with van der Waals surface area (Å²) < 4.78 is 0. The van der Waals surface area contributed by atoms with E-state index >= 15 is 0 Å². The van der Waals surface area contributed by atoms with Crippen LogP contribution in [0.2, 0.25) is 5.02 Å². The van der Waals surface area contributed by atoms with E-state index in [2.05, 4.69) is 23.0 Å². The molecule has 0 bridgehead atoms. The molecule has 0 aliphatic heterocycles. The summed E-state index contributed by atoms with van der Waals surface area (Å²) in [6, 6.07) is 15.3. The number of fused-ring (bicyclic) bond motifs is 1. The van der Waals surface area contributed by atoms with Gasteiger partial charge in [-0.3, -0.25) is 4.79 Å². The summed E-state index contributed by atoms with van der Waals surface area (Å²) in [7, 11) is 0. The van der Waals surface area contributed by atoms with Gasteiger partial charge in [-0.25, -0.2) is 4.98 Å². The van der Waals surface area contributed by atoms with Crippen LogP contribution in [0.5, 0.6) is 0 Å². The highest BCUT2D eigenvalue weighted by atomic mass is 35.5. The zero-order chi connectivity index (χ0) is 16.2. The second-order valence-corrected chi connectivity index (χ2v) is 6.05. The largest absolute Gasteiger partial charge is 0.325 e. The lowest BCUT2D eigenvalue weighted by Gasteiger charge is -2.17. The summed E-state index contributed by atoms with van der Waals surface area (Å²) >= 11 is 6.05. The maximum atomic E-state index is 12.2. The molecule has 2 N–H and O–H groups in total. The second-order valence-electron chi connectivity index (χ2n) is 5.62. The van der Waals surface area contributed by atoms with Gasteiger partial charge in [-0.15, -0.1) is 0 Å². The topological polar surface area (TPSA) is 50.2 Å². The lowest BCUT2D eigenvalue weighted by Crippen LogP contribution is -3.09. The van der Waals surface area contributed by atoms with Crippen LogP contribution in [0.3, 0.4) is 0 Å². The smallest absolute Gasteiger partial charge is 0.258 e. The molecule has 0 aliphatic rings. The number of hydrogen-bond donors (Lipinski definition) is 2. The molecule has 5 heteroatoms. The Morgan fingerprint density at radius 3 is 2.74 bits per heavy atom. The van der Waals surface area contributed by atoms with E-state index in [9.17, 15) is 4.79 Å². The molecule has 0 spiro atoms. The average molecular weight is 329 g/mol. The van der Waals surface area contributed by atoms with Crippen molar-refractivity contribution in [3.8, 4) is 0 Å². The summed E-state index contributed by atoms with van der Waals surface area (Å²) in [5.74, 6) is 0.715. The summed E-state index contributed by atoms with van der Waals surface area (Å²) in [6.45, 7) is 4.57. The molecule has 1 heterocycles. The number of benzene rings is 2. The SMILES string of the molecule is CC[NH+](Cc1cccc(Cl)c1)Cc1nc2ccccc2c(=O)[nH]1. The Morgan fingerprint density at radius 2 is 1.96 bits per heavy atom. The number of H-pyrrole nitrogens is 1. The first-order chi connectivity index (χ1) is 11.2. The Balaban J connectivity index is 1.83. The molecule has 3 aromatic rings. The van der Waals surface area contributed by atoms with Crippen LogP contribution < -0.4 is 10.5 Å². The van der Waals surface area contributed by atoms with E-state index in [0.29, 0.717) is 17.8 Å². The summed E-state index contributed by atoms with van der Waals surface area (Å²) in [5, 5.41) is 1.37. The standard InChI is InChI=1S/C18H18ClN3O/c1-2-22(11-13-6-5-7-14(19)10-13)12-17-20-16-9-4-3-8-15(16)18(23)21-17/h3-10H,2,11-12H2,1H3,(H,20,21,23)/p+1. The highest BCUT2D eigenvalue weighted by Crippen LogP contribution is 2.09. The van der Waals surface area contributed by atoms with Crippen molar-refractivity contribution in [2.45, 2.75) is 20.0 Å². The van der Waals surface area contributed by atoms with E-state index in [1.54, 1.807) is 6.07 Å². The van der Waals surface area contributed by atoms with Crippen LogP contribution in [0.4, 0.5) is 0 Å². The maximum absolute atomic E-state index is 12.2. The van der Waals surface area contributed by atoms with Crippen molar-refractivity contribution in [2.75, 3.05) is 6.54 Å². The molecular formula is C18H19ClN3O+. The number of aromatic nitrogens is 2. The molecule has 0 radical (unpaired) electrons. The molecule has 0 aliphatic carbocycles. The van der Waals surface area contributed by atoms with E-state index in [-0.39, 0.29) is 5.56 Å². The van der Waals surface area contributed by atoms with E-state index in [4.69, 9.17) is 11.6 Å². The number of aromatic amines is 1. The molecule has 0 saturated carbocycles. The van der Waals surface area contributed by atoms with Gasteiger partial charge in [0.25, 0.3) is 5.56 Å². The normalized spacial score (nSPS) is 12.4. The van der Waals surface area contributed by atoms with Gasteiger partial charge >= 0.3 is 0 Å². The number of rotatable bonds is 5. The Hall–Kier alpha value is -2.17. The van der Waals surface area contributed by atoms with Gasteiger partial charge in [0.2, 0.25) is 0 Å². The number of halogens is 1. The molecule has 1 aromatic heterocycles. The minimum absolute atomic E-state index is 0.0798. The predicted molar refractivity (Wildman–Crippen MR) is 92.7 cm³/mol. The lowest BCUT2D eigenvalue weighted by molar-refractivity contribution is -0.926. The molecule has 118 valence electrons. The fraction of sp³-hybridized carbons (Fsp3) is 0.222. The highest BCUT2D eigenvalue weighted by molar-refractivity contribution is 6.30. The number of para-hydroxylation sites is 1. The van der Waals surface area contributed by atoms with E-state index in [0.717, 1.165) is 23.6 Å². The summed E-state index contributed by atoms with van der Waals surface area (Å²) in [6.07, 6.45) is 0. The van der Waals surface area contributed by atoms with Crippen LogP contribution in [0.25, 0.3) is 10.9 Å². The Bertz CT molecular complexity index is 875. The molecule has 1 unspecified atom stereocenters. The third-order valence-electron chi connectivity index (χ3n) is 3.92. The number of quaternary nitrogens is 1. The van der Waals surface area contributed by atoms with Crippen LogP contribution in [-0.4, -0.2) is 16.5 Å². The van der Waals surface area contributed by atoms with Gasteiger partial charge in [-0.1, -0.05) is 35.9 Å². The van der Waals surface area contributed by atoms with E-state index in [1.165, 1.54) is 10.5 Å². The van der Waals surface area contributed by atoms with Crippen molar-refractivity contribution in [1.82, 2.24) is 9.97 Å². The van der Waals surface area contributed by atoms with Crippen molar-refractivity contribution in [1.29, 1.82) is 0 Å². The third kappa shape index (κ3) is 3.78. The van der Waals surface area contributed by atoms with Gasteiger partial charge in [0.05, 0.1) is 17.4 Å². The molecule has 0 amide bonds. The van der Waals surface area contributed by atoms with Gasteiger partial charge in [-0.05, 0) is 31.2 Å². The minimum Gasteiger partial charge on any atom is -0.325 e. The summed E-state index contributed by atoms with van der Waals surface area (Å²) in [5.41, 5.74) is 1.84. The zero-order valence-electron chi connectivity index (χ0n) is 13.0. The lowest BCUT2D eigenvalue weighted by atomic mass is 10.2. The Kier molecular flexibility index (Phi) is 4.74. The molecule has 0 fully saturated rings. The van der Waals surface area contributed by atoms with Crippen LogP contribution in [-0.2, 0) is 13.1 Å². The quantitative estimate of drug-likeness (QED) is 0.754. The van der Waals surface area contributed by atoms with Crippen LogP contribution in [0.1, 0.15) is 18.3 Å². The first-order valence-electron chi connectivity index (χ1n) is 7.71. The minimum atomic E-state index is -0.0798. The average Bonchev–Trinajstić information content (AvgIpc) is 2.54. The van der Waals surface area contributed by atoms with E-state index < -0.39 is 0 Å². The predicted octanol–water partition coefficient (Wildman–Crippen LogP) is 2.18. The van der Waals surface area contributed by atoms with E-state index in [1.807, 2.05) is 36.4 Å². The molecule has 4 nitrogen and oxygen atoms in total. The maximum Gasteiger partial charge on any atom is 0.258 e. The highest BCUT2D eigenvalue weighted by Gasteiger charge is 2.12. The van der Waals surface area contributed by atoms with Gasteiger partial charge in [-0.2, -0.15) is 0 Å². The first kappa shape index (κ1) is 15.7. The summed E-state index contributed by atoms with van der Waals surface area (Å²) in [4.78, 5) is 20.9. The molecule has 1 atom stereocenters. The van der Waals surface area contributed by atoms with Crippen molar-refractivity contribution in [2.24, 2.45) is 0 Å². The van der Waals surface area contributed by atoms with Crippen LogP contribution >= 0.6 is 11.6 Å². The fourth-order valence-corrected chi connectivity index (χ4v) is 2.92. The third-order valence-corrected chi connectivity index (χ3v) is 4.16. The van der Waals surface area contributed by atoms with Gasteiger partial charge in [0, 0.05) is 10.6 Å². The van der Waals surface area contributed by atoms with Crippen LogP contribution in [0.15, 0.2) is 53.3 Å². The van der Waals surface area contributed by atoms with Crippen molar-refractivity contribution in [3.63, 3.8) is 0 Å². The number of nitrogens with one attached hydrogen (secondary N) is 2. The molecule has 2 aromatic carbocycles. The van der Waals surface area contributed by atoms with Gasteiger partial charge in [0.1, 0.15) is 13.1 Å². The Morgan fingerprint density at radius 1 is 1.13 bits per heavy atom. The van der Waals surface area contributed by atoms with Crippen molar-refractivity contribution in [3.05, 3.63) is 75.3 Å². The molecular weight excluding hydrogens is 310 g/mol. The molecule has 3 rings (SSSR count). The van der Waals surface area contributed by atoms with Gasteiger partial charge in [0.15, 0.2) is 5.82 Å². The van der Waals surface area contributed by atoms with Crippen molar-refractivity contribution >= 4 is 22.5 Å². The second kappa shape index (κ2) is 6.94. The number of nitrogens with zero attached hydrogens (tertiary/aromatic N) is 1. The zero-order valence-corrected chi connectivity index (χ0v) is 13.7. The Labute approximate surface area is 139 Å². The monoisotopic (exact) mass is 328 g/mol. The van der Waals surface area contributed by atoms with Gasteiger partial charge < -0.3 is 9.88 Å². The molecule has 23 heavy (non-hydrogen) atoms. The van der Waals surface area contributed by atoms with Crippen molar-refractivity contribution < 1.29 is 4.90 Å². The fourth-order valence-electron chi connectivity index (χ4n) is 2.70. The van der Waals surface area contributed by atoms with Crippen LogP contribution in [0, 0.1) is 0 Å². The number of hydrogen-bond acceptors (Lipinski definition) is 2. The first-order valence-corrected chi connectivity index (χ1v) is 8.09.